The molecule has 6 heteroatoms. The van der Waals surface area contributed by atoms with Gasteiger partial charge < -0.3 is 20.1 Å². The number of rotatable bonds is 8. The molecule has 1 aliphatic carbocycles. The standard InChI is InChI=1S/C24H30N2O4/c1-3-29-21-15-14-17(16-22(21)30-4-2)23(27)26-20-13-9-8-12-19(20)24(28)25-18-10-6-5-7-11-18/h8-9,12-16,18H,3-7,10-11H2,1-2H3,(H,25,28)(H,26,27). The van der Waals surface area contributed by atoms with Crippen molar-refractivity contribution in [1.29, 1.82) is 0 Å². The van der Waals surface area contributed by atoms with Crippen LogP contribution in [-0.2, 0) is 0 Å². The van der Waals surface area contributed by atoms with Crippen LogP contribution in [0.3, 0.4) is 0 Å². The van der Waals surface area contributed by atoms with Crippen LogP contribution < -0.4 is 20.1 Å². The molecule has 0 unspecified atom stereocenters. The third kappa shape index (κ3) is 5.53. The molecule has 0 heterocycles. The molecule has 3 rings (SSSR count). The summed E-state index contributed by atoms with van der Waals surface area (Å²) in [6.45, 7) is 4.75. The van der Waals surface area contributed by atoms with E-state index in [1.165, 1.54) is 6.42 Å². The molecule has 2 aromatic carbocycles. The molecular formula is C24H30N2O4. The Morgan fingerprint density at radius 3 is 2.33 bits per heavy atom. The largest absolute Gasteiger partial charge is 0.490 e. The molecule has 30 heavy (non-hydrogen) atoms. The molecule has 0 aliphatic heterocycles. The lowest BCUT2D eigenvalue weighted by molar-refractivity contribution is 0.0928. The van der Waals surface area contributed by atoms with Crippen LogP contribution in [0.15, 0.2) is 42.5 Å². The van der Waals surface area contributed by atoms with Crippen LogP contribution in [0.1, 0.15) is 66.7 Å². The molecule has 0 radical (unpaired) electrons. The minimum Gasteiger partial charge on any atom is -0.490 e. The Hall–Kier alpha value is -3.02. The zero-order valence-corrected chi connectivity index (χ0v) is 17.7. The average Bonchev–Trinajstić information content (AvgIpc) is 2.76. The van der Waals surface area contributed by atoms with Gasteiger partial charge >= 0.3 is 0 Å². The van der Waals surface area contributed by atoms with Crippen molar-refractivity contribution in [3.8, 4) is 11.5 Å². The lowest BCUT2D eigenvalue weighted by Crippen LogP contribution is -2.36. The van der Waals surface area contributed by atoms with Crippen LogP contribution in [0.25, 0.3) is 0 Å². The third-order valence-electron chi connectivity index (χ3n) is 5.17. The molecule has 0 bridgehead atoms. The van der Waals surface area contributed by atoms with Gasteiger partial charge in [0, 0.05) is 11.6 Å². The summed E-state index contributed by atoms with van der Waals surface area (Å²) >= 11 is 0. The average molecular weight is 411 g/mol. The third-order valence-corrected chi connectivity index (χ3v) is 5.17. The minimum atomic E-state index is -0.308. The molecule has 0 spiro atoms. The van der Waals surface area contributed by atoms with Crippen molar-refractivity contribution in [2.75, 3.05) is 18.5 Å². The first-order valence-corrected chi connectivity index (χ1v) is 10.7. The maximum absolute atomic E-state index is 12.9. The second-order valence-electron chi connectivity index (χ2n) is 7.34. The highest BCUT2D eigenvalue weighted by atomic mass is 16.5. The Morgan fingerprint density at radius 2 is 1.60 bits per heavy atom. The number of carbonyl (C=O) groups excluding carboxylic acids is 2. The van der Waals surface area contributed by atoms with E-state index in [2.05, 4.69) is 10.6 Å². The second-order valence-corrected chi connectivity index (χ2v) is 7.34. The normalized spacial score (nSPS) is 14.1. The van der Waals surface area contributed by atoms with Crippen molar-refractivity contribution >= 4 is 17.5 Å². The topological polar surface area (TPSA) is 76.7 Å². The number of nitrogens with one attached hydrogen (secondary N) is 2. The number of ether oxygens (including phenoxy) is 2. The first-order valence-electron chi connectivity index (χ1n) is 10.7. The molecule has 160 valence electrons. The van der Waals surface area contributed by atoms with Crippen molar-refractivity contribution in [3.05, 3.63) is 53.6 Å². The number of hydrogen-bond donors (Lipinski definition) is 2. The fraction of sp³-hybridized carbons (Fsp3) is 0.417. The van der Waals surface area contributed by atoms with Crippen molar-refractivity contribution in [3.63, 3.8) is 0 Å². The van der Waals surface area contributed by atoms with Crippen LogP contribution in [0, 0.1) is 0 Å². The highest BCUT2D eigenvalue weighted by molar-refractivity contribution is 6.09. The molecule has 2 N–H and O–H groups in total. The van der Waals surface area contributed by atoms with E-state index in [0.29, 0.717) is 41.5 Å². The fourth-order valence-electron chi connectivity index (χ4n) is 3.69. The number of carbonyl (C=O) groups is 2. The van der Waals surface area contributed by atoms with Crippen molar-refractivity contribution in [1.82, 2.24) is 5.32 Å². The molecule has 1 aliphatic rings. The maximum Gasteiger partial charge on any atom is 0.255 e. The van der Waals surface area contributed by atoms with E-state index in [4.69, 9.17) is 9.47 Å². The SMILES string of the molecule is CCOc1ccc(C(=O)Nc2ccccc2C(=O)NC2CCCCC2)cc1OCC. The molecule has 0 saturated heterocycles. The Labute approximate surface area is 178 Å². The Kier molecular flexibility index (Phi) is 7.71. The van der Waals surface area contributed by atoms with Gasteiger partial charge in [-0.25, -0.2) is 0 Å². The zero-order chi connectivity index (χ0) is 21.3. The lowest BCUT2D eigenvalue weighted by atomic mass is 9.95. The first kappa shape index (κ1) is 21.7. The van der Waals surface area contributed by atoms with Gasteiger partial charge in [0.05, 0.1) is 24.5 Å². The Morgan fingerprint density at radius 1 is 0.900 bits per heavy atom. The van der Waals surface area contributed by atoms with Crippen LogP contribution in [-0.4, -0.2) is 31.1 Å². The maximum atomic E-state index is 12.9. The summed E-state index contributed by atoms with van der Waals surface area (Å²) in [7, 11) is 0. The number of anilines is 1. The van der Waals surface area contributed by atoms with Crippen LogP contribution in [0.2, 0.25) is 0 Å². The number of hydrogen-bond acceptors (Lipinski definition) is 4. The van der Waals surface area contributed by atoms with Gasteiger partial charge in [0.1, 0.15) is 0 Å². The highest BCUT2D eigenvalue weighted by Gasteiger charge is 2.20. The number of para-hydroxylation sites is 1. The molecule has 6 nitrogen and oxygen atoms in total. The van der Waals surface area contributed by atoms with Crippen molar-refractivity contribution < 1.29 is 19.1 Å². The predicted octanol–water partition coefficient (Wildman–Crippen LogP) is 4.80. The summed E-state index contributed by atoms with van der Waals surface area (Å²) in [6.07, 6.45) is 5.52. The predicted molar refractivity (Wildman–Crippen MR) is 118 cm³/mol. The smallest absolute Gasteiger partial charge is 0.255 e. The zero-order valence-electron chi connectivity index (χ0n) is 17.7. The van der Waals surface area contributed by atoms with Gasteiger partial charge in [-0.3, -0.25) is 9.59 Å². The van der Waals surface area contributed by atoms with E-state index in [1.807, 2.05) is 13.8 Å². The summed E-state index contributed by atoms with van der Waals surface area (Å²) in [5.41, 5.74) is 1.39. The highest BCUT2D eigenvalue weighted by Crippen LogP contribution is 2.29. The second kappa shape index (κ2) is 10.7. The number of benzene rings is 2. The summed E-state index contributed by atoms with van der Waals surface area (Å²) in [6, 6.07) is 12.4. The molecule has 1 fully saturated rings. The molecule has 2 amide bonds. The monoisotopic (exact) mass is 410 g/mol. The lowest BCUT2D eigenvalue weighted by Gasteiger charge is -2.23. The fourth-order valence-corrected chi connectivity index (χ4v) is 3.69. The van der Waals surface area contributed by atoms with Crippen LogP contribution in [0.5, 0.6) is 11.5 Å². The molecule has 1 saturated carbocycles. The van der Waals surface area contributed by atoms with Gasteiger partial charge in [0.2, 0.25) is 0 Å². The van der Waals surface area contributed by atoms with Gasteiger partial charge in [-0.15, -0.1) is 0 Å². The summed E-state index contributed by atoms with van der Waals surface area (Å²) < 4.78 is 11.2. The molecule has 2 aromatic rings. The van der Waals surface area contributed by atoms with Gasteiger partial charge in [-0.05, 0) is 57.0 Å². The molecule has 0 atom stereocenters. The number of amides is 2. The minimum absolute atomic E-state index is 0.153. The Bertz CT molecular complexity index is 875. The van der Waals surface area contributed by atoms with E-state index in [-0.39, 0.29) is 17.9 Å². The summed E-state index contributed by atoms with van der Waals surface area (Å²) in [4.78, 5) is 25.7. The van der Waals surface area contributed by atoms with Gasteiger partial charge in [-0.2, -0.15) is 0 Å². The van der Waals surface area contributed by atoms with Crippen LogP contribution in [0.4, 0.5) is 5.69 Å². The summed E-state index contributed by atoms with van der Waals surface area (Å²) in [5.74, 6) is 0.662. The van der Waals surface area contributed by atoms with Gasteiger partial charge in [0.15, 0.2) is 11.5 Å². The van der Waals surface area contributed by atoms with Crippen molar-refractivity contribution in [2.24, 2.45) is 0 Å². The molecule has 0 aromatic heterocycles. The van der Waals surface area contributed by atoms with E-state index in [9.17, 15) is 9.59 Å². The quantitative estimate of drug-likeness (QED) is 0.655. The van der Waals surface area contributed by atoms with Crippen LogP contribution >= 0.6 is 0 Å². The Balaban J connectivity index is 1.75. The van der Waals surface area contributed by atoms with E-state index in [0.717, 1.165) is 25.7 Å². The van der Waals surface area contributed by atoms with E-state index in [1.54, 1.807) is 42.5 Å². The van der Waals surface area contributed by atoms with Crippen molar-refractivity contribution in [2.45, 2.75) is 52.0 Å². The van der Waals surface area contributed by atoms with Gasteiger partial charge in [0.25, 0.3) is 11.8 Å². The van der Waals surface area contributed by atoms with E-state index >= 15 is 0 Å². The summed E-state index contributed by atoms with van der Waals surface area (Å²) in [5, 5.41) is 5.98. The van der Waals surface area contributed by atoms with Gasteiger partial charge in [-0.1, -0.05) is 31.4 Å². The van der Waals surface area contributed by atoms with E-state index < -0.39 is 0 Å². The molecular weight excluding hydrogens is 380 g/mol. The first-order chi connectivity index (χ1) is 14.6.